The first kappa shape index (κ1) is 19.5. The van der Waals surface area contributed by atoms with Gasteiger partial charge < -0.3 is 14.4 Å². The highest BCUT2D eigenvalue weighted by Crippen LogP contribution is 2.38. The molecule has 1 unspecified atom stereocenters. The molecule has 8 nitrogen and oxygen atoms in total. The van der Waals surface area contributed by atoms with E-state index in [0.717, 1.165) is 48.1 Å². The number of fused-ring (bicyclic) bond motifs is 1. The summed E-state index contributed by atoms with van der Waals surface area (Å²) in [5.74, 6) is 1.52. The van der Waals surface area contributed by atoms with Crippen LogP contribution in [0.3, 0.4) is 0 Å². The number of ether oxygens (including phenoxy) is 2. The Labute approximate surface area is 172 Å². The van der Waals surface area contributed by atoms with E-state index in [9.17, 15) is 14.9 Å². The maximum Gasteiger partial charge on any atom is 0.301 e. The largest absolute Gasteiger partial charge is 0.490 e. The lowest BCUT2D eigenvalue weighted by atomic mass is 10.0. The number of nitrogens with zero attached hydrogens (tertiary/aromatic N) is 3. The minimum Gasteiger partial charge on any atom is -0.490 e. The first-order valence-electron chi connectivity index (χ1n) is 9.54. The maximum atomic E-state index is 12.9. The molecule has 1 fully saturated rings. The average Bonchev–Trinajstić information content (AvgIpc) is 3.11. The number of likely N-dealkylation sites (tertiary alicyclic amines) is 1. The molecule has 2 aliphatic heterocycles. The van der Waals surface area contributed by atoms with Gasteiger partial charge in [-0.25, -0.2) is 4.98 Å². The van der Waals surface area contributed by atoms with E-state index in [1.807, 2.05) is 23.1 Å². The van der Waals surface area contributed by atoms with E-state index in [1.54, 1.807) is 0 Å². The van der Waals surface area contributed by atoms with Crippen molar-refractivity contribution in [3.8, 4) is 11.5 Å². The van der Waals surface area contributed by atoms with Crippen LogP contribution in [0, 0.1) is 10.1 Å². The predicted molar refractivity (Wildman–Crippen MR) is 107 cm³/mol. The van der Waals surface area contributed by atoms with Gasteiger partial charge in [0.15, 0.2) is 16.5 Å². The van der Waals surface area contributed by atoms with Crippen molar-refractivity contribution in [2.24, 2.45) is 0 Å². The Hall–Kier alpha value is -2.81. The minimum absolute atomic E-state index is 0.0287. The molecule has 1 saturated heterocycles. The van der Waals surface area contributed by atoms with Crippen LogP contribution in [0.5, 0.6) is 11.5 Å². The lowest BCUT2D eigenvalue weighted by Crippen LogP contribution is -2.32. The van der Waals surface area contributed by atoms with Gasteiger partial charge in [0, 0.05) is 25.2 Å². The van der Waals surface area contributed by atoms with E-state index in [2.05, 4.69) is 4.98 Å². The van der Waals surface area contributed by atoms with Crippen LogP contribution in [-0.2, 0) is 4.79 Å². The van der Waals surface area contributed by atoms with E-state index < -0.39 is 4.92 Å². The summed E-state index contributed by atoms with van der Waals surface area (Å²) in [6.45, 7) is 1.92. The van der Waals surface area contributed by atoms with Gasteiger partial charge in [0.1, 0.15) is 0 Å². The van der Waals surface area contributed by atoms with Crippen LogP contribution >= 0.6 is 11.8 Å². The van der Waals surface area contributed by atoms with Gasteiger partial charge in [-0.15, -0.1) is 0 Å². The van der Waals surface area contributed by atoms with Crippen molar-refractivity contribution in [3.05, 3.63) is 52.2 Å². The van der Waals surface area contributed by atoms with Crippen molar-refractivity contribution in [3.63, 3.8) is 0 Å². The molecule has 1 amide bonds. The van der Waals surface area contributed by atoms with Crippen LogP contribution in [-0.4, -0.2) is 46.2 Å². The molecule has 0 aliphatic carbocycles. The summed E-state index contributed by atoms with van der Waals surface area (Å²) in [5.41, 5.74) is 0.945. The van der Waals surface area contributed by atoms with Gasteiger partial charge in [-0.3, -0.25) is 14.9 Å². The van der Waals surface area contributed by atoms with Crippen molar-refractivity contribution in [2.75, 3.05) is 25.5 Å². The second-order valence-electron chi connectivity index (χ2n) is 6.88. The molecular weight excluding hydrogens is 394 g/mol. The van der Waals surface area contributed by atoms with Crippen molar-refractivity contribution in [1.29, 1.82) is 0 Å². The molecule has 1 aromatic heterocycles. The van der Waals surface area contributed by atoms with E-state index in [4.69, 9.17) is 9.47 Å². The molecule has 3 heterocycles. The summed E-state index contributed by atoms with van der Waals surface area (Å²) >= 11 is 1.10. The third-order valence-corrected chi connectivity index (χ3v) is 5.99. The first-order valence-corrected chi connectivity index (χ1v) is 10.5. The topological polar surface area (TPSA) is 94.8 Å². The molecule has 0 spiro atoms. The standard InChI is InChI=1S/C20H21N3O5S/c24-19(13-29-20-16(23(25)26)4-1-8-21-20)22-9-2-5-15(22)14-6-7-17-18(12-14)28-11-3-10-27-17/h1,4,6-8,12,15H,2-3,5,9-11,13H2. The Balaban J connectivity index is 1.47. The second-order valence-corrected chi connectivity index (χ2v) is 7.84. The highest BCUT2D eigenvalue weighted by atomic mass is 32.2. The minimum atomic E-state index is -0.476. The lowest BCUT2D eigenvalue weighted by molar-refractivity contribution is -0.388. The van der Waals surface area contributed by atoms with Crippen LogP contribution < -0.4 is 9.47 Å². The third kappa shape index (κ3) is 4.29. The normalized spacial score (nSPS) is 18.3. The zero-order valence-electron chi connectivity index (χ0n) is 15.8. The van der Waals surface area contributed by atoms with E-state index in [1.165, 1.54) is 18.3 Å². The molecule has 0 radical (unpaired) electrons. The molecule has 0 N–H and O–H groups in total. The van der Waals surface area contributed by atoms with Crippen LogP contribution in [0.1, 0.15) is 30.9 Å². The van der Waals surface area contributed by atoms with E-state index in [0.29, 0.717) is 19.8 Å². The fourth-order valence-electron chi connectivity index (χ4n) is 3.64. The third-order valence-electron chi connectivity index (χ3n) is 5.01. The quantitative estimate of drug-likeness (QED) is 0.418. The number of amides is 1. The number of nitro groups is 1. The number of thioether (sulfide) groups is 1. The Morgan fingerprint density at radius 1 is 1.24 bits per heavy atom. The molecule has 1 aromatic carbocycles. The number of aromatic nitrogens is 1. The first-order chi connectivity index (χ1) is 14.1. The van der Waals surface area contributed by atoms with Crippen molar-refractivity contribution in [2.45, 2.75) is 30.3 Å². The number of pyridine rings is 1. The van der Waals surface area contributed by atoms with Gasteiger partial charge in [0.25, 0.3) is 0 Å². The molecule has 0 saturated carbocycles. The van der Waals surface area contributed by atoms with Gasteiger partial charge in [-0.1, -0.05) is 17.8 Å². The maximum absolute atomic E-state index is 12.9. The molecular formula is C20H21N3O5S. The summed E-state index contributed by atoms with van der Waals surface area (Å²) in [6.07, 6.45) is 4.13. The second kappa shape index (κ2) is 8.69. The van der Waals surface area contributed by atoms with E-state index >= 15 is 0 Å². The number of hydrogen-bond acceptors (Lipinski definition) is 7. The highest BCUT2D eigenvalue weighted by molar-refractivity contribution is 8.00. The number of hydrogen-bond donors (Lipinski definition) is 0. The molecule has 1 atom stereocenters. The number of benzene rings is 1. The van der Waals surface area contributed by atoms with Crippen molar-refractivity contribution < 1.29 is 19.2 Å². The molecule has 2 aromatic rings. The zero-order valence-corrected chi connectivity index (χ0v) is 16.6. The Kier molecular flexibility index (Phi) is 5.84. The molecule has 0 bridgehead atoms. The lowest BCUT2D eigenvalue weighted by Gasteiger charge is -2.25. The van der Waals surface area contributed by atoms with Crippen LogP contribution in [0.25, 0.3) is 0 Å². The van der Waals surface area contributed by atoms with Gasteiger partial charge in [-0.05, 0) is 36.6 Å². The zero-order chi connectivity index (χ0) is 20.2. The SMILES string of the molecule is O=C(CSc1ncccc1[N+](=O)[O-])N1CCCC1c1ccc2c(c1)OCCCO2. The summed E-state index contributed by atoms with van der Waals surface area (Å²) in [4.78, 5) is 29.4. The summed E-state index contributed by atoms with van der Waals surface area (Å²) in [7, 11) is 0. The molecule has 4 rings (SSSR count). The Morgan fingerprint density at radius 3 is 2.90 bits per heavy atom. The van der Waals surface area contributed by atoms with Crippen LogP contribution in [0.4, 0.5) is 5.69 Å². The predicted octanol–water partition coefficient (Wildman–Crippen LogP) is 3.61. The highest BCUT2D eigenvalue weighted by Gasteiger charge is 2.31. The van der Waals surface area contributed by atoms with Gasteiger partial charge >= 0.3 is 5.69 Å². The Bertz CT molecular complexity index is 923. The monoisotopic (exact) mass is 415 g/mol. The average molecular weight is 415 g/mol. The van der Waals surface area contributed by atoms with Crippen LogP contribution in [0.15, 0.2) is 41.6 Å². The molecule has 152 valence electrons. The van der Waals surface area contributed by atoms with Crippen molar-refractivity contribution in [1.82, 2.24) is 9.88 Å². The summed E-state index contributed by atoms with van der Waals surface area (Å²) in [6, 6.07) is 8.75. The van der Waals surface area contributed by atoms with Crippen molar-refractivity contribution >= 4 is 23.4 Å². The number of carbonyl (C=O) groups is 1. The fraction of sp³-hybridized carbons (Fsp3) is 0.400. The Morgan fingerprint density at radius 2 is 2.07 bits per heavy atom. The summed E-state index contributed by atoms with van der Waals surface area (Å²) in [5, 5.41) is 11.4. The van der Waals surface area contributed by atoms with Gasteiger partial charge in [0.2, 0.25) is 5.91 Å². The molecule has 29 heavy (non-hydrogen) atoms. The smallest absolute Gasteiger partial charge is 0.301 e. The number of rotatable bonds is 5. The summed E-state index contributed by atoms with van der Waals surface area (Å²) < 4.78 is 11.5. The van der Waals surface area contributed by atoms with Crippen LogP contribution in [0.2, 0.25) is 0 Å². The molecule has 2 aliphatic rings. The van der Waals surface area contributed by atoms with E-state index in [-0.39, 0.29) is 28.4 Å². The fourth-order valence-corrected chi connectivity index (χ4v) is 4.50. The van der Waals surface area contributed by atoms with Gasteiger partial charge in [0.05, 0.1) is 29.9 Å². The van der Waals surface area contributed by atoms with Gasteiger partial charge in [-0.2, -0.15) is 0 Å². The number of carbonyl (C=O) groups excluding carboxylic acids is 1. The molecule has 9 heteroatoms.